The summed E-state index contributed by atoms with van der Waals surface area (Å²) < 4.78 is 0. The Bertz CT molecular complexity index is 298. The summed E-state index contributed by atoms with van der Waals surface area (Å²) in [6.07, 6.45) is 3.44. The van der Waals surface area contributed by atoms with Gasteiger partial charge in [0, 0.05) is 32.1 Å². The zero-order valence-corrected chi connectivity index (χ0v) is 10.7. The van der Waals surface area contributed by atoms with Crippen LogP contribution in [-0.4, -0.2) is 53.8 Å². The fourth-order valence-electron chi connectivity index (χ4n) is 2.37. The van der Waals surface area contributed by atoms with Gasteiger partial charge >= 0.3 is 0 Å². The number of hydrogen-bond acceptors (Lipinski definition) is 3. The minimum Gasteiger partial charge on any atom is -0.340 e. The molecule has 1 atom stereocenters. The zero-order chi connectivity index (χ0) is 11.5. The van der Waals surface area contributed by atoms with Crippen LogP contribution in [0.25, 0.3) is 0 Å². The molecule has 2 heterocycles. The Morgan fingerprint density at radius 3 is 2.71 bits per heavy atom. The summed E-state index contributed by atoms with van der Waals surface area (Å²) in [6, 6.07) is 0.104. The van der Waals surface area contributed by atoms with Crippen LogP contribution in [0.1, 0.15) is 25.7 Å². The summed E-state index contributed by atoms with van der Waals surface area (Å²) in [5.41, 5.74) is 5.82. The Morgan fingerprint density at radius 2 is 2.12 bits per heavy atom. The molecule has 2 rings (SSSR count). The molecule has 2 fully saturated rings. The lowest BCUT2D eigenvalue weighted by Crippen LogP contribution is -2.49. The number of nitrogens with zero attached hydrogens (tertiary/aromatic N) is 2. The second-order valence-corrected chi connectivity index (χ2v) is 4.66. The molecule has 5 nitrogen and oxygen atoms in total. The smallest absolute Gasteiger partial charge is 0.242 e. The molecule has 0 spiro atoms. The molecule has 2 amide bonds. The Morgan fingerprint density at radius 1 is 1.35 bits per heavy atom. The fourth-order valence-corrected chi connectivity index (χ4v) is 2.37. The lowest BCUT2D eigenvalue weighted by Gasteiger charge is -2.32. The van der Waals surface area contributed by atoms with Gasteiger partial charge in [0.15, 0.2) is 0 Å². The van der Waals surface area contributed by atoms with Gasteiger partial charge in [-0.25, -0.2) is 0 Å². The highest BCUT2D eigenvalue weighted by molar-refractivity contribution is 5.86. The van der Waals surface area contributed by atoms with Crippen LogP contribution < -0.4 is 5.73 Å². The van der Waals surface area contributed by atoms with Gasteiger partial charge in [-0.15, -0.1) is 12.4 Å². The third kappa shape index (κ3) is 3.57. The minimum atomic E-state index is 0. The summed E-state index contributed by atoms with van der Waals surface area (Å²) in [5, 5.41) is 0. The van der Waals surface area contributed by atoms with E-state index in [1.165, 1.54) is 0 Å². The first-order valence-corrected chi connectivity index (χ1v) is 5.98. The molecule has 0 bridgehead atoms. The van der Waals surface area contributed by atoms with Crippen LogP contribution in [0.5, 0.6) is 0 Å². The van der Waals surface area contributed by atoms with Gasteiger partial charge in [0.25, 0.3) is 0 Å². The predicted molar refractivity (Wildman–Crippen MR) is 66.9 cm³/mol. The Balaban J connectivity index is 0.00000144. The Kier molecular flexibility index (Phi) is 5.21. The van der Waals surface area contributed by atoms with Crippen LogP contribution in [0, 0.1) is 0 Å². The Hall–Kier alpha value is -0.810. The number of amides is 2. The van der Waals surface area contributed by atoms with E-state index in [2.05, 4.69) is 0 Å². The molecule has 2 saturated heterocycles. The van der Waals surface area contributed by atoms with Gasteiger partial charge in [-0.1, -0.05) is 0 Å². The van der Waals surface area contributed by atoms with Crippen LogP contribution in [0.4, 0.5) is 0 Å². The maximum absolute atomic E-state index is 11.9. The molecule has 1 unspecified atom stereocenters. The summed E-state index contributed by atoms with van der Waals surface area (Å²) in [6.45, 7) is 2.39. The van der Waals surface area contributed by atoms with E-state index in [1.807, 2.05) is 0 Å². The SMILES string of the molecule is Cl.NC1CCCN(C(=O)CN2CCCC2=O)C1. The number of piperidine rings is 1. The molecule has 0 saturated carbocycles. The van der Waals surface area contributed by atoms with Gasteiger partial charge < -0.3 is 15.5 Å². The second kappa shape index (κ2) is 6.21. The maximum Gasteiger partial charge on any atom is 0.242 e. The van der Waals surface area contributed by atoms with Crippen molar-refractivity contribution in [1.29, 1.82) is 0 Å². The molecule has 0 aromatic rings. The van der Waals surface area contributed by atoms with Gasteiger partial charge in [0.05, 0.1) is 6.54 Å². The highest BCUT2D eigenvalue weighted by Gasteiger charge is 2.26. The van der Waals surface area contributed by atoms with Gasteiger partial charge in [-0.3, -0.25) is 9.59 Å². The highest BCUT2D eigenvalue weighted by atomic mass is 35.5. The lowest BCUT2D eigenvalue weighted by atomic mass is 10.1. The van der Waals surface area contributed by atoms with Crippen molar-refractivity contribution in [3.8, 4) is 0 Å². The van der Waals surface area contributed by atoms with Crippen molar-refractivity contribution in [3.63, 3.8) is 0 Å². The van der Waals surface area contributed by atoms with E-state index in [1.54, 1.807) is 9.80 Å². The highest BCUT2D eigenvalue weighted by Crippen LogP contribution is 2.12. The first kappa shape index (κ1) is 14.3. The van der Waals surface area contributed by atoms with E-state index >= 15 is 0 Å². The average Bonchev–Trinajstić information content (AvgIpc) is 2.64. The average molecular weight is 262 g/mol. The van der Waals surface area contributed by atoms with Crippen LogP contribution in [0.2, 0.25) is 0 Å². The molecule has 0 aromatic carbocycles. The van der Waals surface area contributed by atoms with Crippen LogP contribution in [-0.2, 0) is 9.59 Å². The van der Waals surface area contributed by atoms with Crippen molar-refractivity contribution in [3.05, 3.63) is 0 Å². The largest absolute Gasteiger partial charge is 0.340 e. The molecule has 0 radical (unpaired) electrons. The summed E-state index contributed by atoms with van der Waals surface area (Å²) in [5.74, 6) is 0.153. The lowest BCUT2D eigenvalue weighted by molar-refractivity contribution is -0.139. The van der Waals surface area contributed by atoms with Crippen molar-refractivity contribution in [1.82, 2.24) is 9.80 Å². The molecule has 0 aliphatic carbocycles. The van der Waals surface area contributed by atoms with Crippen molar-refractivity contribution in [2.45, 2.75) is 31.7 Å². The molecular formula is C11H20ClN3O2. The van der Waals surface area contributed by atoms with Crippen molar-refractivity contribution >= 4 is 24.2 Å². The van der Waals surface area contributed by atoms with Crippen molar-refractivity contribution in [2.75, 3.05) is 26.2 Å². The Labute approximate surface area is 108 Å². The quantitative estimate of drug-likeness (QED) is 0.760. The number of rotatable bonds is 2. The molecular weight excluding hydrogens is 242 g/mol. The van der Waals surface area contributed by atoms with E-state index in [-0.39, 0.29) is 36.8 Å². The van der Waals surface area contributed by atoms with Gasteiger partial charge in [0.1, 0.15) is 0 Å². The van der Waals surface area contributed by atoms with Crippen molar-refractivity contribution < 1.29 is 9.59 Å². The molecule has 0 aromatic heterocycles. The summed E-state index contributed by atoms with van der Waals surface area (Å²) in [4.78, 5) is 26.8. The molecule has 2 aliphatic heterocycles. The standard InChI is InChI=1S/C11H19N3O2.ClH/c12-9-3-1-5-13(7-9)11(16)8-14-6-2-4-10(14)15;/h9H,1-8,12H2;1H. The number of likely N-dealkylation sites (tertiary alicyclic amines) is 2. The number of carbonyl (C=O) groups is 2. The normalized spacial score (nSPS) is 24.8. The third-order valence-corrected chi connectivity index (χ3v) is 3.31. The topological polar surface area (TPSA) is 66.6 Å². The fraction of sp³-hybridized carbons (Fsp3) is 0.818. The van der Waals surface area contributed by atoms with Gasteiger partial charge in [-0.05, 0) is 19.3 Å². The third-order valence-electron chi connectivity index (χ3n) is 3.31. The summed E-state index contributed by atoms with van der Waals surface area (Å²) in [7, 11) is 0. The number of carbonyl (C=O) groups excluding carboxylic acids is 2. The monoisotopic (exact) mass is 261 g/mol. The van der Waals surface area contributed by atoms with Gasteiger partial charge in [0.2, 0.25) is 11.8 Å². The zero-order valence-electron chi connectivity index (χ0n) is 9.93. The first-order chi connectivity index (χ1) is 7.66. The van der Waals surface area contributed by atoms with E-state index in [4.69, 9.17) is 5.73 Å². The van der Waals surface area contributed by atoms with E-state index in [0.717, 1.165) is 32.4 Å². The number of halogens is 1. The minimum absolute atomic E-state index is 0. The van der Waals surface area contributed by atoms with Crippen LogP contribution >= 0.6 is 12.4 Å². The van der Waals surface area contributed by atoms with Crippen molar-refractivity contribution in [2.24, 2.45) is 5.73 Å². The second-order valence-electron chi connectivity index (χ2n) is 4.66. The predicted octanol–water partition coefficient (Wildman–Crippen LogP) is -0.0197. The number of nitrogens with two attached hydrogens (primary N) is 1. The summed E-state index contributed by atoms with van der Waals surface area (Å²) >= 11 is 0. The molecule has 6 heteroatoms. The molecule has 98 valence electrons. The molecule has 2 aliphatic rings. The molecule has 17 heavy (non-hydrogen) atoms. The number of hydrogen-bond donors (Lipinski definition) is 1. The van der Waals surface area contributed by atoms with E-state index in [0.29, 0.717) is 13.0 Å². The first-order valence-electron chi connectivity index (χ1n) is 5.98. The van der Waals surface area contributed by atoms with Crippen LogP contribution in [0.3, 0.4) is 0 Å². The van der Waals surface area contributed by atoms with Gasteiger partial charge in [-0.2, -0.15) is 0 Å². The van der Waals surface area contributed by atoms with Crippen LogP contribution in [0.15, 0.2) is 0 Å². The maximum atomic E-state index is 11.9. The molecule has 2 N–H and O–H groups in total. The van der Waals surface area contributed by atoms with E-state index in [9.17, 15) is 9.59 Å². The van der Waals surface area contributed by atoms with E-state index < -0.39 is 0 Å².